The first-order chi connectivity index (χ1) is 19.9. The van der Waals surface area contributed by atoms with E-state index >= 15 is 0 Å². The Kier molecular flexibility index (Phi) is 4.46. The van der Waals surface area contributed by atoms with E-state index in [4.69, 9.17) is 4.42 Å². The predicted molar refractivity (Wildman–Crippen MR) is 168 cm³/mol. The smallest absolute Gasteiger partial charge is 0.135 e. The largest absolute Gasteiger partial charge is 0.456 e. The first kappa shape index (κ1) is 23.3. The fourth-order valence-corrected chi connectivity index (χ4v) is 7.78. The van der Waals surface area contributed by atoms with Gasteiger partial charge >= 0.3 is 0 Å². The van der Waals surface area contributed by atoms with Crippen molar-refractivity contribution in [1.29, 1.82) is 0 Å². The Labute approximate surface area is 239 Å². The number of hydrogen-bond acceptors (Lipinski definition) is 3. The van der Waals surface area contributed by atoms with Crippen molar-refractivity contribution in [2.45, 2.75) is 46.0 Å². The molecule has 200 valence electrons. The van der Waals surface area contributed by atoms with Crippen molar-refractivity contribution in [3.05, 3.63) is 101 Å². The van der Waals surface area contributed by atoms with E-state index in [1.165, 1.54) is 61.1 Å². The zero-order chi connectivity index (χ0) is 27.6. The first-order valence-corrected chi connectivity index (χ1v) is 14.8. The van der Waals surface area contributed by atoms with Crippen molar-refractivity contribution < 1.29 is 4.42 Å². The molecule has 4 nitrogen and oxygen atoms in total. The van der Waals surface area contributed by atoms with Gasteiger partial charge in [0.05, 0.1) is 16.6 Å². The molecule has 4 heteroatoms. The summed E-state index contributed by atoms with van der Waals surface area (Å²) in [6.45, 7) is 9.35. The van der Waals surface area contributed by atoms with Gasteiger partial charge < -0.3 is 8.98 Å². The number of aromatic nitrogens is 3. The van der Waals surface area contributed by atoms with Crippen molar-refractivity contribution in [1.82, 2.24) is 14.5 Å². The lowest BCUT2D eigenvalue weighted by Crippen LogP contribution is -2.17. The molecular formula is C37H31N3O. The molecule has 3 aliphatic rings. The van der Waals surface area contributed by atoms with Crippen LogP contribution in [0.5, 0.6) is 0 Å². The van der Waals surface area contributed by atoms with E-state index in [1.807, 2.05) is 0 Å². The number of rotatable bonds is 1. The summed E-state index contributed by atoms with van der Waals surface area (Å²) in [5, 5.41) is 2.57. The van der Waals surface area contributed by atoms with Crippen LogP contribution in [0.1, 0.15) is 61.4 Å². The van der Waals surface area contributed by atoms with Crippen LogP contribution < -0.4 is 0 Å². The van der Waals surface area contributed by atoms with Gasteiger partial charge in [0.2, 0.25) is 0 Å². The summed E-state index contributed by atoms with van der Waals surface area (Å²) in [5.74, 6) is 2.01. The zero-order valence-electron chi connectivity index (χ0n) is 23.8. The van der Waals surface area contributed by atoms with Gasteiger partial charge in [0.15, 0.2) is 0 Å². The van der Waals surface area contributed by atoms with Crippen molar-refractivity contribution in [3.8, 4) is 16.8 Å². The summed E-state index contributed by atoms with van der Waals surface area (Å²) in [5.41, 5.74) is 14.6. The van der Waals surface area contributed by atoms with E-state index in [2.05, 4.69) is 109 Å². The first-order valence-electron chi connectivity index (χ1n) is 14.8. The predicted octanol–water partition coefficient (Wildman–Crippen LogP) is 9.04. The second kappa shape index (κ2) is 7.85. The maximum atomic E-state index is 6.30. The van der Waals surface area contributed by atoms with Gasteiger partial charge in [-0.3, -0.25) is 9.97 Å². The molecule has 0 amide bonds. The molecule has 0 saturated heterocycles. The lowest BCUT2D eigenvalue weighted by Gasteiger charge is -2.24. The van der Waals surface area contributed by atoms with E-state index in [-0.39, 0.29) is 5.41 Å². The summed E-state index contributed by atoms with van der Waals surface area (Å²) in [6, 6.07) is 16.0. The van der Waals surface area contributed by atoms with Crippen LogP contribution in [0.3, 0.4) is 0 Å². The van der Waals surface area contributed by atoms with Crippen LogP contribution in [0.15, 0.2) is 71.4 Å². The molecule has 6 aromatic rings. The van der Waals surface area contributed by atoms with Crippen LogP contribution in [0.4, 0.5) is 0 Å². The fraction of sp³-hybridized carbons (Fsp3) is 0.243. The number of hydrogen-bond donors (Lipinski definition) is 0. The van der Waals surface area contributed by atoms with Gasteiger partial charge in [-0.2, -0.15) is 0 Å². The van der Waals surface area contributed by atoms with Crippen LogP contribution in [0.25, 0.3) is 61.9 Å². The Morgan fingerprint density at radius 1 is 0.829 bits per heavy atom. The molecule has 2 unspecified atom stereocenters. The average molecular weight is 534 g/mol. The third-order valence-corrected chi connectivity index (χ3v) is 9.74. The molecule has 0 bridgehead atoms. The molecule has 0 aliphatic heterocycles. The standard InChI is InChI=1S/C37H31N3O/c1-20-6-11-33-27(15-20)28-17-22(7-12-34(28)41-33)40-32-16-21(2)5-8-23(32)25-10-9-24-26-18-30-31(39-14-13-38-30)19-29(26)37(3,4)35(24)36(25)40/h5-14,17-21H,15-16H2,1-4H3. The van der Waals surface area contributed by atoms with Crippen LogP contribution in [0, 0.1) is 11.8 Å². The minimum atomic E-state index is -0.191. The highest BCUT2D eigenvalue weighted by molar-refractivity contribution is 6.03. The molecule has 0 N–H and O–H groups in total. The molecule has 0 radical (unpaired) electrons. The maximum absolute atomic E-state index is 6.30. The monoisotopic (exact) mass is 533 g/mol. The fourth-order valence-electron chi connectivity index (χ4n) is 7.78. The van der Waals surface area contributed by atoms with Gasteiger partial charge in [0, 0.05) is 51.1 Å². The van der Waals surface area contributed by atoms with Gasteiger partial charge in [-0.05, 0) is 83.3 Å². The van der Waals surface area contributed by atoms with Crippen LogP contribution in [-0.4, -0.2) is 14.5 Å². The molecule has 0 fully saturated rings. The Morgan fingerprint density at radius 2 is 1.61 bits per heavy atom. The molecule has 2 atom stereocenters. The van der Waals surface area contributed by atoms with Gasteiger partial charge in [-0.15, -0.1) is 0 Å². The summed E-state index contributed by atoms with van der Waals surface area (Å²) < 4.78 is 8.87. The quantitative estimate of drug-likeness (QED) is 0.212. The Hall–Kier alpha value is -4.44. The highest BCUT2D eigenvalue weighted by atomic mass is 16.3. The molecule has 3 aromatic carbocycles. The Balaban J connectivity index is 1.38. The third-order valence-electron chi connectivity index (χ3n) is 9.74. The molecule has 3 heterocycles. The summed E-state index contributed by atoms with van der Waals surface area (Å²) in [7, 11) is 0. The average Bonchev–Trinajstić information content (AvgIpc) is 3.56. The second-order valence-electron chi connectivity index (χ2n) is 12.9. The second-order valence-corrected chi connectivity index (χ2v) is 12.9. The molecule has 3 aromatic heterocycles. The highest BCUT2D eigenvalue weighted by Gasteiger charge is 2.40. The van der Waals surface area contributed by atoms with Gasteiger partial charge in [0.1, 0.15) is 11.3 Å². The lowest BCUT2D eigenvalue weighted by molar-refractivity contribution is 0.584. The number of benzene rings is 3. The molecule has 0 spiro atoms. The van der Waals surface area contributed by atoms with Crippen molar-refractivity contribution >= 4 is 45.1 Å². The Morgan fingerprint density at radius 3 is 2.46 bits per heavy atom. The molecule has 3 aliphatic carbocycles. The maximum Gasteiger partial charge on any atom is 0.135 e. The minimum absolute atomic E-state index is 0.191. The SMILES string of the molecule is CC1C=Cc2oc3ccc(-n4c5c(c6ccc7c(c64)C(C)(C)c4cc6nccnc6cc4-7)C=CC(C)C5)cc3c2C1. The number of fused-ring (bicyclic) bond motifs is 11. The van der Waals surface area contributed by atoms with Gasteiger partial charge in [-0.1, -0.05) is 58.1 Å². The summed E-state index contributed by atoms with van der Waals surface area (Å²) in [6.07, 6.45) is 14.7. The van der Waals surface area contributed by atoms with E-state index < -0.39 is 0 Å². The lowest BCUT2D eigenvalue weighted by atomic mass is 9.81. The van der Waals surface area contributed by atoms with Gasteiger partial charge in [0.25, 0.3) is 0 Å². The third kappa shape index (κ3) is 3.05. The highest BCUT2D eigenvalue weighted by Crippen LogP contribution is 2.54. The van der Waals surface area contributed by atoms with E-state index in [9.17, 15) is 0 Å². The van der Waals surface area contributed by atoms with Crippen LogP contribution in [0.2, 0.25) is 0 Å². The van der Waals surface area contributed by atoms with Crippen molar-refractivity contribution in [3.63, 3.8) is 0 Å². The Bertz CT molecular complexity index is 2170. The number of allylic oxidation sites excluding steroid dienone is 2. The zero-order valence-corrected chi connectivity index (χ0v) is 23.8. The molecule has 41 heavy (non-hydrogen) atoms. The topological polar surface area (TPSA) is 43.9 Å². The minimum Gasteiger partial charge on any atom is -0.456 e. The van der Waals surface area contributed by atoms with E-state index in [0.29, 0.717) is 11.8 Å². The van der Waals surface area contributed by atoms with Crippen molar-refractivity contribution in [2.24, 2.45) is 11.8 Å². The number of nitrogens with zero attached hydrogens (tertiary/aromatic N) is 3. The van der Waals surface area contributed by atoms with Crippen LogP contribution >= 0.6 is 0 Å². The van der Waals surface area contributed by atoms with E-state index in [0.717, 1.165) is 35.2 Å². The molecule has 9 rings (SSSR count). The normalized spacial score (nSPS) is 20.0. The molecular weight excluding hydrogens is 502 g/mol. The summed E-state index contributed by atoms with van der Waals surface area (Å²) in [4.78, 5) is 9.29. The molecule has 0 saturated carbocycles. The van der Waals surface area contributed by atoms with Crippen molar-refractivity contribution in [2.75, 3.05) is 0 Å². The summed E-state index contributed by atoms with van der Waals surface area (Å²) >= 11 is 0. The van der Waals surface area contributed by atoms with E-state index in [1.54, 1.807) is 12.4 Å². The van der Waals surface area contributed by atoms with Gasteiger partial charge in [-0.25, -0.2) is 0 Å². The van der Waals surface area contributed by atoms with Crippen LogP contribution in [-0.2, 0) is 18.3 Å². The number of furan rings is 1.